The van der Waals surface area contributed by atoms with Crippen molar-refractivity contribution in [2.24, 2.45) is 0 Å². The fourth-order valence-corrected chi connectivity index (χ4v) is 2.00. The zero-order valence-corrected chi connectivity index (χ0v) is 10.2. The van der Waals surface area contributed by atoms with Gasteiger partial charge in [-0.1, -0.05) is 12.1 Å². The second-order valence-corrected chi connectivity index (χ2v) is 4.11. The van der Waals surface area contributed by atoms with Gasteiger partial charge in [0.1, 0.15) is 5.69 Å². The molecule has 1 aliphatic rings. The van der Waals surface area contributed by atoms with Crippen molar-refractivity contribution in [2.45, 2.75) is 19.1 Å². The van der Waals surface area contributed by atoms with Gasteiger partial charge in [0, 0.05) is 25.3 Å². The standard InChI is InChI=1S/C12H16N2O4/c1-13-12-9(3-2-4-11(12)14(15)16)7-18-10-5-6-17-8-10/h2-4,10,13H,5-8H2,1H3. The Hall–Kier alpha value is -1.66. The summed E-state index contributed by atoms with van der Waals surface area (Å²) >= 11 is 0. The van der Waals surface area contributed by atoms with Crippen LogP contribution in [0, 0.1) is 10.1 Å². The normalized spacial score (nSPS) is 18.8. The van der Waals surface area contributed by atoms with E-state index >= 15 is 0 Å². The number of benzene rings is 1. The molecule has 1 fully saturated rings. The third-order valence-corrected chi connectivity index (χ3v) is 2.94. The van der Waals surface area contributed by atoms with Crippen molar-refractivity contribution >= 4 is 11.4 Å². The van der Waals surface area contributed by atoms with Gasteiger partial charge in [0.25, 0.3) is 5.69 Å². The summed E-state index contributed by atoms with van der Waals surface area (Å²) in [5.74, 6) is 0. The summed E-state index contributed by atoms with van der Waals surface area (Å²) in [5, 5.41) is 13.8. The van der Waals surface area contributed by atoms with Crippen molar-refractivity contribution in [1.29, 1.82) is 0 Å². The van der Waals surface area contributed by atoms with Gasteiger partial charge in [-0.05, 0) is 6.42 Å². The fraction of sp³-hybridized carbons (Fsp3) is 0.500. The molecule has 0 aromatic heterocycles. The topological polar surface area (TPSA) is 73.6 Å². The van der Waals surface area contributed by atoms with Crippen LogP contribution in [0.15, 0.2) is 18.2 Å². The molecule has 1 atom stereocenters. The van der Waals surface area contributed by atoms with E-state index in [0.717, 1.165) is 18.6 Å². The maximum absolute atomic E-state index is 10.9. The molecule has 0 amide bonds. The molecule has 0 radical (unpaired) electrons. The summed E-state index contributed by atoms with van der Waals surface area (Å²) in [6, 6.07) is 4.98. The molecule has 1 aromatic rings. The summed E-state index contributed by atoms with van der Waals surface area (Å²) < 4.78 is 10.9. The quantitative estimate of drug-likeness (QED) is 0.640. The number of nitrogens with zero attached hydrogens (tertiary/aromatic N) is 1. The molecule has 0 aliphatic carbocycles. The van der Waals surface area contributed by atoms with E-state index in [4.69, 9.17) is 9.47 Å². The minimum atomic E-state index is -0.395. The first-order valence-corrected chi connectivity index (χ1v) is 5.85. The number of nitro groups is 1. The first-order valence-electron chi connectivity index (χ1n) is 5.85. The van der Waals surface area contributed by atoms with Crippen molar-refractivity contribution in [2.75, 3.05) is 25.6 Å². The number of hydrogen-bond acceptors (Lipinski definition) is 5. The lowest BCUT2D eigenvalue weighted by Gasteiger charge is -2.13. The van der Waals surface area contributed by atoms with Crippen LogP contribution in [0.4, 0.5) is 11.4 Å². The first-order chi connectivity index (χ1) is 8.72. The molecule has 1 aliphatic heterocycles. The molecule has 1 saturated heterocycles. The van der Waals surface area contributed by atoms with Crippen LogP contribution in [0.2, 0.25) is 0 Å². The van der Waals surface area contributed by atoms with Crippen LogP contribution in [-0.4, -0.2) is 31.3 Å². The smallest absolute Gasteiger partial charge is 0.292 e. The number of anilines is 1. The maximum atomic E-state index is 10.9. The number of nitrogens with one attached hydrogen (secondary N) is 1. The molecular formula is C12H16N2O4. The Morgan fingerprint density at radius 2 is 2.44 bits per heavy atom. The fourth-order valence-electron chi connectivity index (χ4n) is 2.00. The van der Waals surface area contributed by atoms with Gasteiger partial charge in [0.2, 0.25) is 0 Å². The molecule has 98 valence electrons. The highest BCUT2D eigenvalue weighted by atomic mass is 16.6. The molecule has 6 nitrogen and oxygen atoms in total. The average molecular weight is 252 g/mol. The Morgan fingerprint density at radius 3 is 3.06 bits per heavy atom. The average Bonchev–Trinajstić information content (AvgIpc) is 2.88. The zero-order chi connectivity index (χ0) is 13.0. The van der Waals surface area contributed by atoms with Crippen molar-refractivity contribution in [3.63, 3.8) is 0 Å². The molecule has 1 unspecified atom stereocenters. The van der Waals surface area contributed by atoms with Gasteiger partial charge in [-0.25, -0.2) is 0 Å². The predicted octanol–water partition coefficient (Wildman–Crippen LogP) is 1.94. The summed E-state index contributed by atoms with van der Waals surface area (Å²) in [4.78, 5) is 10.5. The van der Waals surface area contributed by atoms with E-state index in [0.29, 0.717) is 18.9 Å². The van der Waals surface area contributed by atoms with E-state index in [2.05, 4.69) is 5.32 Å². The minimum absolute atomic E-state index is 0.0706. The monoisotopic (exact) mass is 252 g/mol. The van der Waals surface area contributed by atoms with Crippen LogP contribution >= 0.6 is 0 Å². The van der Waals surface area contributed by atoms with Gasteiger partial charge in [-0.15, -0.1) is 0 Å². The number of ether oxygens (including phenoxy) is 2. The maximum Gasteiger partial charge on any atom is 0.292 e. The number of para-hydroxylation sites is 1. The van der Waals surface area contributed by atoms with E-state index in [-0.39, 0.29) is 11.8 Å². The Balaban J connectivity index is 2.11. The SMILES string of the molecule is CNc1c(COC2CCOC2)cccc1[N+](=O)[O-]. The van der Waals surface area contributed by atoms with Crippen LogP contribution in [0.5, 0.6) is 0 Å². The minimum Gasteiger partial charge on any atom is -0.382 e. The molecule has 1 N–H and O–H groups in total. The van der Waals surface area contributed by atoms with Gasteiger partial charge in [0.05, 0.1) is 24.2 Å². The van der Waals surface area contributed by atoms with Gasteiger partial charge >= 0.3 is 0 Å². The summed E-state index contributed by atoms with van der Waals surface area (Å²) in [6.45, 7) is 1.67. The molecule has 18 heavy (non-hydrogen) atoms. The van der Waals surface area contributed by atoms with Crippen LogP contribution in [-0.2, 0) is 16.1 Å². The molecule has 0 saturated carbocycles. The molecule has 1 heterocycles. The molecule has 1 aromatic carbocycles. The van der Waals surface area contributed by atoms with Crippen molar-refractivity contribution in [3.05, 3.63) is 33.9 Å². The van der Waals surface area contributed by atoms with E-state index < -0.39 is 4.92 Å². The van der Waals surface area contributed by atoms with E-state index in [1.165, 1.54) is 6.07 Å². The van der Waals surface area contributed by atoms with Crippen molar-refractivity contribution in [3.8, 4) is 0 Å². The Morgan fingerprint density at radius 1 is 1.61 bits per heavy atom. The van der Waals surface area contributed by atoms with E-state index in [9.17, 15) is 10.1 Å². The third kappa shape index (κ3) is 2.77. The van der Waals surface area contributed by atoms with Crippen LogP contribution in [0.25, 0.3) is 0 Å². The predicted molar refractivity (Wildman–Crippen MR) is 66.7 cm³/mol. The number of hydrogen-bond donors (Lipinski definition) is 1. The molecule has 0 bridgehead atoms. The second-order valence-electron chi connectivity index (χ2n) is 4.11. The van der Waals surface area contributed by atoms with Gasteiger partial charge in [-0.2, -0.15) is 0 Å². The second kappa shape index (κ2) is 5.79. The summed E-state index contributed by atoms with van der Waals surface area (Å²) in [6.07, 6.45) is 0.970. The zero-order valence-electron chi connectivity index (χ0n) is 10.2. The highest BCUT2D eigenvalue weighted by molar-refractivity contribution is 5.65. The molecule has 6 heteroatoms. The lowest BCUT2D eigenvalue weighted by atomic mass is 10.1. The van der Waals surface area contributed by atoms with E-state index in [1.54, 1.807) is 13.1 Å². The lowest BCUT2D eigenvalue weighted by molar-refractivity contribution is -0.384. The van der Waals surface area contributed by atoms with Gasteiger partial charge < -0.3 is 14.8 Å². The third-order valence-electron chi connectivity index (χ3n) is 2.94. The lowest BCUT2D eigenvalue weighted by Crippen LogP contribution is -2.13. The van der Waals surface area contributed by atoms with Crippen molar-refractivity contribution < 1.29 is 14.4 Å². The number of rotatable bonds is 5. The van der Waals surface area contributed by atoms with Crippen LogP contribution in [0.3, 0.4) is 0 Å². The van der Waals surface area contributed by atoms with Crippen LogP contribution < -0.4 is 5.32 Å². The van der Waals surface area contributed by atoms with Crippen LogP contribution in [0.1, 0.15) is 12.0 Å². The van der Waals surface area contributed by atoms with Gasteiger partial charge in [-0.3, -0.25) is 10.1 Å². The molecular weight excluding hydrogens is 236 g/mol. The number of nitro benzene ring substituents is 1. The Kier molecular flexibility index (Phi) is 4.11. The summed E-state index contributed by atoms with van der Waals surface area (Å²) in [7, 11) is 1.67. The highest BCUT2D eigenvalue weighted by Gasteiger charge is 2.19. The first kappa shape index (κ1) is 12.8. The summed E-state index contributed by atoms with van der Waals surface area (Å²) in [5.41, 5.74) is 1.38. The van der Waals surface area contributed by atoms with E-state index in [1.807, 2.05) is 6.07 Å². The largest absolute Gasteiger partial charge is 0.382 e. The van der Waals surface area contributed by atoms with Crippen molar-refractivity contribution in [1.82, 2.24) is 0 Å². The molecule has 0 spiro atoms. The van der Waals surface area contributed by atoms with Gasteiger partial charge in [0.15, 0.2) is 0 Å². The molecule has 2 rings (SSSR count). The highest BCUT2D eigenvalue weighted by Crippen LogP contribution is 2.28. The Labute approximate surface area is 105 Å². The Bertz CT molecular complexity index is 430.